The molecule has 0 aliphatic rings. The SMILES string of the molecule is CCCC(N)CCCc1nc2ccccc2s1. The highest BCUT2D eigenvalue weighted by Gasteiger charge is 2.05. The third kappa shape index (κ3) is 3.51. The van der Waals surface area contributed by atoms with Crippen LogP contribution in [0.5, 0.6) is 0 Å². The Kier molecular flexibility index (Phi) is 4.51. The van der Waals surface area contributed by atoms with E-state index in [1.807, 2.05) is 17.4 Å². The molecule has 1 atom stereocenters. The summed E-state index contributed by atoms with van der Waals surface area (Å²) in [5.74, 6) is 0. The number of hydrogen-bond acceptors (Lipinski definition) is 3. The minimum atomic E-state index is 0.370. The molecule has 2 nitrogen and oxygen atoms in total. The zero-order chi connectivity index (χ0) is 12.1. The Bertz CT molecular complexity index is 431. The summed E-state index contributed by atoms with van der Waals surface area (Å²) >= 11 is 1.81. The summed E-state index contributed by atoms with van der Waals surface area (Å²) in [6, 6.07) is 8.71. The summed E-state index contributed by atoms with van der Waals surface area (Å²) in [6.45, 7) is 2.19. The molecule has 0 saturated heterocycles. The van der Waals surface area contributed by atoms with Gasteiger partial charge in [0.25, 0.3) is 0 Å². The van der Waals surface area contributed by atoms with Crippen LogP contribution < -0.4 is 5.73 Å². The fourth-order valence-corrected chi connectivity index (χ4v) is 3.07. The van der Waals surface area contributed by atoms with Crippen LogP contribution in [0.15, 0.2) is 24.3 Å². The van der Waals surface area contributed by atoms with Crippen LogP contribution in [0.4, 0.5) is 0 Å². The van der Waals surface area contributed by atoms with E-state index in [0.717, 1.165) is 31.2 Å². The molecule has 17 heavy (non-hydrogen) atoms. The van der Waals surface area contributed by atoms with Crippen LogP contribution in [0.2, 0.25) is 0 Å². The fraction of sp³-hybridized carbons (Fsp3) is 0.500. The number of aryl methyl sites for hydroxylation is 1. The van der Waals surface area contributed by atoms with Gasteiger partial charge in [-0.3, -0.25) is 0 Å². The monoisotopic (exact) mass is 248 g/mol. The summed E-state index contributed by atoms with van der Waals surface area (Å²) in [6.07, 6.45) is 5.66. The topological polar surface area (TPSA) is 38.9 Å². The lowest BCUT2D eigenvalue weighted by molar-refractivity contribution is 0.539. The van der Waals surface area contributed by atoms with Crippen molar-refractivity contribution < 1.29 is 0 Å². The van der Waals surface area contributed by atoms with Gasteiger partial charge in [0.15, 0.2) is 0 Å². The van der Waals surface area contributed by atoms with Crippen molar-refractivity contribution in [2.75, 3.05) is 0 Å². The van der Waals surface area contributed by atoms with Crippen LogP contribution in [0.1, 0.15) is 37.6 Å². The molecule has 0 fully saturated rings. The van der Waals surface area contributed by atoms with Gasteiger partial charge in [-0.25, -0.2) is 4.98 Å². The van der Waals surface area contributed by atoms with E-state index in [4.69, 9.17) is 5.73 Å². The van der Waals surface area contributed by atoms with Crippen LogP contribution in [0, 0.1) is 0 Å². The first-order valence-corrected chi connectivity index (χ1v) is 7.21. The molecule has 0 spiro atoms. The van der Waals surface area contributed by atoms with Crippen LogP contribution >= 0.6 is 11.3 Å². The number of para-hydroxylation sites is 1. The van der Waals surface area contributed by atoms with Crippen LogP contribution in [-0.2, 0) is 6.42 Å². The van der Waals surface area contributed by atoms with Crippen molar-refractivity contribution in [1.82, 2.24) is 4.98 Å². The Hall–Kier alpha value is -0.930. The lowest BCUT2D eigenvalue weighted by Gasteiger charge is -2.08. The van der Waals surface area contributed by atoms with E-state index in [9.17, 15) is 0 Å². The highest BCUT2D eigenvalue weighted by Crippen LogP contribution is 2.22. The van der Waals surface area contributed by atoms with Gasteiger partial charge in [0.1, 0.15) is 0 Å². The Morgan fingerprint density at radius 1 is 1.29 bits per heavy atom. The number of rotatable bonds is 6. The van der Waals surface area contributed by atoms with Gasteiger partial charge in [0.05, 0.1) is 15.2 Å². The van der Waals surface area contributed by atoms with Gasteiger partial charge in [-0.2, -0.15) is 0 Å². The van der Waals surface area contributed by atoms with Crippen molar-refractivity contribution >= 4 is 21.6 Å². The maximum atomic E-state index is 6.01. The molecule has 1 aromatic heterocycles. The molecule has 0 radical (unpaired) electrons. The third-order valence-corrected chi connectivity index (χ3v) is 4.06. The van der Waals surface area contributed by atoms with Gasteiger partial charge in [-0.1, -0.05) is 25.5 Å². The Balaban J connectivity index is 1.86. The van der Waals surface area contributed by atoms with Gasteiger partial charge in [0.2, 0.25) is 0 Å². The molecule has 1 aromatic carbocycles. The second-order valence-electron chi connectivity index (χ2n) is 4.52. The van der Waals surface area contributed by atoms with Crippen LogP contribution in [-0.4, -0.2) is 11.0 Å². The van der Waals surface area contributed by atoms with Gasteiger partial charge in [0, 0.05) is 6.04 Å². The highest BCUT2D eigenvalue weighted by molar-refractivity contribution is 7.18. The molecule has 0 amide bonds. The molecule has 3 heteroatoms. The molecule has 92 valence electrons. The number of nitrogens with two attached hydrogens (primary N) is 1. The van der Waals surface area contributed by atoms with Crippen molar-refractivity contribution in [3.8, 4) is 0 Å². The number of nitrogens with zero attached hydrogens (tertiary/aromatic N) is 1. The molecule has 0 aliphatic carbocycles. The quantitative estimate of drug-likeness (QED) is 0.845. The molecule has 0 aliphatic heterocycles. The van der Waals surface area contributed by atoms with Crippen molar-refractivity contribution in [3.05, 3.63) is 29.3 Å². The van der Waals surface area contributed by atoms with Gasteiger partial charge < -0.3 is 5.73 Å². The molecule has 0 bridgehead atoms. The summed E-state index contributed by atoms with van der Waals surface area (Å²) in [7, 11) is 0. The zero-order valence-electron chi connectivity index (χ0n) is 10.4. The standard InChI is InChI=1S/C14H20N2S/c1-2-6-11(15)7-5-10-14-16-12-8-3-4-9-13(12)17-14/h3-4,8-9,11H,2,5-7,10,15H2,1H3. The predicted molar refractivity (Wildman–Crippen MR) is 75.4 cm³/mol. The molecule has 2 aromatic rings. The van der Waals surface area contributed by atoms with E-state index in [1.54, 1.807) is 0 Å². The summed E-state index contributed by atoms with van der Waals surface area (Å²) in [5.41, 5.74) is 7.14. The van der Waals surface area contributed by atoms with Crippen molar-refractivity contribution in [3.63, 3.8) is 0 Å². The van der Waals surface area contributed by atoms with Crippen molar-refractivity contribution in [2.24, 2.45) is 5.73 Å². The molecular weight excluding hydrogens is 228 g/mol. The van der Waals surface area contributed by atoms with Crippen molar-refractivity contribution in [2.45, 2.75) is 45.1 Å². The van der Waals surface area contributed by atoms with E-state index in [2.05, 4.69) is 30.1 Å². The molecule has 1 heterocycles. The number of aromatic nitrogens is 1. The summed E-state index contributed by atoms with van der Waals surface area (Å²) < 4.78 is 1.29. The summed E-state index contributed by atoms with van der Waals surface area (Å²) in [4.78, 5) is 4.63. The molecule has 0 saturated carbocycles. The molecule has 2 rings (SSSR count). The van der Waals surface area contributed by atoms with Gasteiger partial charge in [-0.05, 0) is 37.8 Å². The molecular formula is C14H20N2S. The average molecular weight is 248 g/mol. The van der Waals surface area contributed by atoms with E-state index in [0.29, 0.717) is 6.04 Å². The van der Waals surface area contributed by atoms with E-state index >= 15 is 0 Å². The minimum Gasteiger partial charge on any atom is -0.328 e. The Morgan fingerprint density at radius 2 is 2.12 bits per heavy atom. The molecule has 2 N–H and O–H groups in total. The number of thiazole rings is 1. The number of hydrogen-bond donors (Lipinski definition) is 1. The number of fused-ring (bicyclic) bond motifs is 1. The predicted octanol–water partition coefficient (Wildman–Crippen LogP) is 3.75. The van der Waals surface area contributed by atoms with E-state index < -0.39 is 0 Å². The van der Waals surface area contributed by atoms with Crippen LogP contribution in [0.3, 0.4) is 0 Å². The average Bonchev–Trinajstić information content (AvgIpc) is 2.71. The first kappa shape index (κ1) is 12.5. The second-order valence-corrected chi connectivity index (χ2v) is 5.63. The largest absolute Gasteiger partial charge is 0.328 e. The fourth-order valence-electron chi connectivity index (χ4n) is 2.06. The Morgan fingerprint density at radius 3 is 2.88 bits per heavy atom. The highest BCUT2D eigenvalue weighted by atomic mass is 32.1. The lowest BCUT2D eigenvalue weighted by atomic mass is 10.1. The maximum Gasteiger partial charge on any atom is 0.0938 e. The normalized spacial score (nSPS) is 13.1. The van der Waals surface area contributed by atoms with Gasteiger partial charge in [-0.15, -0.1) is 11.3 Å². The first-order valence-electron chi connectivity index (χ1n) is 6.39. The van der Waals surface area contributed by atoms with Crippen LogP contribution in [0.25, 0.3) is 10.2 Å². The first-order chi connectivity index (χ1) is 8.29. The minimum absolute atomic E-state index is 0.370. The maximum absolute atomic E-state index is 6.01. The van der Waals surface area contributed by atoms with E-state index in [1.165, 1.54) is 16.1 Å². The van der Waals surface area contributed by atoms with E-state index in [-0.39, 0.29) is 0 Å². The van der Waals surface area contributed by atoms with Gasteiger partial charge >= 0.3 is 0 Å². The lowest BCUT2D eigenvalue weighted by Crippen LogP contribution is -2.19. The van der Waals surface area contributed by atoms with Crippen molar-refractivity contribution in [1.29, 1.82) is 0 Å². The smallest absolute Gasteiger partial charge is 0.0938 e. The summed E-state index contributed by atoms with van der Waals surface area (Å²) in [5, 5.41) is 1.25. The molecule has 1 unspecified atom stereocenters. The number of benzene rings is 1. The zero-order valence-corrected chi connectivity index (χ0v) is 11.2. The Labute approximate surface area is 107 Å². The third-order valence-electron chi connectivity index (χ3n) is 2.96. The second kappa shape index (κ2) is 6.12.